The van der Waals surface area contributed by atoms with Gasteiger partial charge >= 0.3 is 0 Å². The number of Topliss-reactive ketones (excluding diaryl/α,β-unsaturated/α-hetero) is 1. The Hall–Kier alpha value is -2.01. The minimum atomic E-state index is -0.591. The van der Waals surface area contributed by atoms with E-state index in [0.717, 1.165) is 24.8 Å². The van der Waals surface area contributed by atoms with Crippen molar-refractivity contribution in [2.45, 2.75) is 57.5 Å². The first-order chi connectivity index (χ1) is 11.5. The SMILES string of the molecule is CC(C)c1nnc(CN(C)C2(c3ccccc3)CCCCC2=O)o1. The zero-order valence-electron chi connectivity index (χ0n) is 14.7. The topological polar surface area (TPSA) is 59.2 Å². The molecular formula is C19H25N3O2. The number of likely N-dealkylation sites (N-methyl/N-ethyl adjacent to an activating group) is 1. The third-order valence-corrected chi connectivity index (χ3v) is 4.91. The highest BCUT2D eigenvalue weighted by molar-refractivity contribution is 5.90. The molecule has 1 unspecified atom stereocenters. The monoisotopic (exact) mass is 327 g/mol. The summed E-state index contributed by atoms with van der Waals surface area (Å²) >= 11 is 0. The summed E-state index contributed by atoms with van der Waals surface area (Å²) in [5, 5.41) is 8.25. The van der Waals surface area contributed by atoms with Gasteiger partial charge in [0, 0.05) is 12.3 Å². The van der Waals surface area contributed by atoms with Gasteiger partial charge in [0.25, 0.3) is 0 Å². The Morgan fingerprint density at radius 3 is 2.58 bits per heavy atom. The van der Waals surface area contributed by atoms with Crippen LogP contribution in [-0.4, -0.2) is 27.9 Å². The third kappa shape index (κ3) is 3.00. The molecule has 2 aromatic rings. The van der Waals surface area contributed by atoms with Gasteiger partial charge in [-0.15, -0.1) is 10.2 Å². The molecule has 1 saturated carbocycles. The summed E-state index contributed by atoms with van der Waals surface area (Å²) in [6.45, 7) is 4.52. The van der Waals surface area contributed by atoms with Crippen LogP contribution in [0.3, 0.4) is 0 Å². The van der Waals surface area contributed by atoms with Crippen molar-refractivity contribution in [3.8, 4) is 0 Å². The molecule has 1 aromatic carbocycles. The number of nitrogens with zero attached hydrogens (tertiary/aromatic N) is 3. The highest BCUT2D eigenvalue weighted by Crippen LogP contribution is 2.39. The maximum atomic E-state index is 13.0. The smallest absolute Gasteiger partial charge is 0.230 e. The first-order valence-corrected chi connectivity index (χ1v) is 8.66. The zero-order chi connectivity index (χ0) is 17.2. The van der Waals surface area contributed by atoms with Crippen LogP contribution in [0.25, 0.3) is 0 Å². The van der Waals surface area contributed by atoms with E-state index in [1.54, 1.807) is 0 Å². The first-order valence-electron chi connectivity index (χ1n) is 8.66. The van der Waals surface area contributed by atoms with E-state index in [9.17, 15) is 4.79 Å². The van der Waals surface area contributed by atoms with Crippen LogP contribution in [0.1, 0.15) is 62.8 Å². The van der Waals surface area contributed by atoms with E-state index >= 15 is 0 Å². The Bertz CT molecular complexity index is 696. The maximum Gasteiger partial charge on any atom is 0.230 e. The fraction of sp³-hybridized carbons (Fsp3) is 0.526. The van der Waals surface area contributed by atoms with Crippen LogP contribution < -0.4 is 0 Å². The van der Waals surface area contributed by atoms with Crippen molar-refractivity contribution in [2.75, 3.05) is 7.05 Å². The number of hydrogen-bond donors (Lipinski definition) is 0. The largest absolute Gasteiger partial charge is 0.424 e. The molecule has 1 aromatic heterocycles. The minimum absolute atomic E-state index is 0.205. The highest BCUT2D eigenvalue weighted by atomic mass is 16.4. The summed E-state index contributed by atoms with van der Waals surface area (Å²) in [6, 6.07) is 10.1. The normalized spacial score (nSPS) is 21.6. The van der Waals surface area contributed by atoms with Gasteiger partial charge in [0.1, 0.15) is 5.54 Å². The van der Waals surface area contributed by atoms with E-state index in [4.69, 9.17) is 4.42 Å². The highest BCUT2D eigenvalue weighted by Gasteiger charge is 2.45. The van der Waals surface area contributed by atoms with Crippen molar-refractivity contribution in [2.24, 2.45) is 0 Å². The van der Waals surface area contributed by atoms with E-state index in [1.165, 1.54) is 0 Å². The summed E-state index contributed by atoms with van der Waals surface area (Å²) in [7, 11) is 1.98. The number of hydrogen-bond acceptors (Lipinski definition) is 5. The Kier molecular flexibility index (Phi) is 4.81. The lowest BCUT2D eigenvalue weighted by atomic mass is 9.74. The molecule has 3 rings (SSSR count). The first kappa shape index (κ1) is 16.8. The molecule has 0 spiro atoms. The molecule has 1 aliphatic rings. The Balaban J connectivity index is 1.91. The van der Waals surface area contributed by atoms with Crippen LogP contribution in [0, 0.1) is 0 Å². The average Bonchev–Trinajstić information content (AvgIpc) is 3.05. The second kappa shape index (κ2) is 6.85. The van der Waals surface area contributed by atoms with Gasteiger partial charge in [-0.1, -0.05) is 50.6 Å². The van der Waals surface area contributed by atoms with Gasteiger partial charge in [-0.05, 0) is 25.5 Å². The summed E-state index contributed by atoms with van der Waals surface area (Å²) in [5.74, 6) is 1.69. The predicted octanol–water partition coefficient (Wildman–Crippen LogP) is 3.66. The molecule has 5 nitrogen and oxygen atoms in total. The third-order valence-electron chi connectivity index (χ3n) is 4.91. The number of carbonyl (C=O) groups excluding carboxylic acids is 1. The zero-order valence-corrected chi connectivity index (χ0v) is 14.7. The quantitative estimate of drug-likeness (QED) is 0.838. The Morgan fingerprint density at radius 1 is 1.21 bits per heavy atom. The molecular weight excluding hydrogens is 302 g/mol. The van der Waals surface area contributed by atoms with E-state index in [2.05, 4.69) is 15.1 Å². The summed E-state index contributed by atoms with van der Waals surface area (Å²) in [4.78, 5) is 15.0. The fourth-order valence-corrected chi connectivity index (χ4v) is 3.56. The van der Waals surface area contributed by atoms with Gasteiger partial charge in [0.2, 0.25) is 11.8 Å². The van der Waals surface area contributed by atoms with Crippen molar-refractivity contribution in [3.05, 3.63) is 47.7 Å². The number of carbonyl (C=O) groups is 1. The van der Waals surface area contributed by atoms with Crippen LogP contribution in [0.4, 0.5) is 0 Å². The van der Waals surface area contributed by atoms with Crippen LogP contribution in [-0.2, 0) is 16.9 Å². The lowest BCUT2D eigenvalue weighted by Crippen LogP contribution is -2.51. The standard InChI is InChI=1S/C19H25N3O2/c1-14(2)18-21-20-17(24-18)13-22(3)19(12-8-7-11-16(19)23)15-9-5-4-6-10-15/h4-6,9-10,14H,7-8,11-13H2,1-3H3. The van der Waals surface area contributed by atoms with Gasteiger partial charge in [0.05, 0.1) is 6.54 Å². The molecule has 1 fully saturated rings. The summed E-state index contributed by atoms with van der Waals surface area (Å²) < 4.78 is 5.75. The second-order valence-electron chi connectivity index (χ2n) is 6.90. The summed E-state index contributed by atoms with van der Waals surface area (Å²) in [6.07, 6.45) is 3.48. The maximum absolute atomic E-state index is 13.0. The lowest BCUT2D eigenvalue weighted by Gasteiger charge is -2.43. The van der Waals surface area contributed by atoms with Gasteiger partial charge < -0.3 is 4.42 Å². The van der Waals surface area contributed by atoms with E-state index in [-0.39, 0.29) is 11.7 Å². The van der Waals surface area contributed by atoms with Gasteiger partial charge in [-0.3, -0.25) is 9.69 Å². The average molecular weight is 327 g/mol. The molecule has 128 valence electrons. The summed E-state index contributed by atoms with van der Waals surface area (Å²) in [5.41, 5.74) is 0.465. The number of rotatable bonds is 5. The van der Waals surface area contributed by atoms with Crippen molar-refractivity contribution < 1.29 is 9.21 Å². The van der Waals surface area contributed by atoms with E-state index in [0.29, 0.717) is 24.7 Å². The van der Waals surface area contributed by atoms with Crippen molar-refractivity contribution in [1.29, 1.82) is 0 Å². The molecule has 5 heteroatoms. The molecule has 0 amide bonds. The molecule has 0 radical (unpaired) electrons. The molecule has 1 heterocycles. The van der Waals surface area contributed by atoms with E-state index in [1.807, 2.05) is 51.2 Å². The number of benzene rings is 1. The van der Waals surface area contributed by atoms with Crippen LogP contribution in [0.15, 0.2) is 34.7 Å². The Labute approximate surface area is 143 Å². The van der Waals surface area contributed by atoms with Crippen LogP contribution in [0.5, 0.6) is 0 Å². The molecule has 0 aliphatic heterocycles. The van der Waals surface area contributed by atoms with Crippen molar-refractivity contribution >= 4 is 5.78 Å². The van der Waals surface area contributed by atoms with Gasteiger partial charge in [-0.2, -0.15) is 0 Å². The molecule has 0 bridgehead atoms. The number of aromatic nitrogens is 2. The minimum Gasteiger partial charge on any atom is -0.424 e. The predicted molar refractivity (Wildman–Crippen MR) is 91.4 cm³/mol. The fourth-order valence-electron chi connectivity index (χ4n) is 3.56. The Morgan fingerprint density at radius 2 is 1.96 bits per heavy atom. The van der Waals surface area contributed by atoms with Crippen LogP contribution in [0.2, 0.25) is 0 Å². The molecule has 1 aliphatic carbocycles. The second-order valence-corrected chi connectivity index (χ2v) is 6.90. The van der Waals surface area contributed by atoms with Gasteiger partial charge in [0.15, 0.2) is 5.78 Å². The van der Waals surface area contributed by atoms with Crippen LogP contribution >= 0.6 is 0 Å². The van der Waals surface area contributed by atoms with Crippen molar-refractivity contribution in [1.82, 2.24) is 15.1 Å². The lowest BCUT2D eigenvalue weighted by molar-refractivity contribution is -0.134. The van der Waals surface area contributed by atoms with Gasteiger partial charge in [-0.25, -0.2) is 0 Å². The number of ketones is 1. The molecule has 24 heavy (non-hydrogen) atoms. The van der Waals surface area contributed by atoms with E-state index < -0.39 is 5.54 Å². The molecule has 1 atom stereocenters. The molecule has 0 saturated heterocycles. The molecule has 0 N–H and O–H groups in total. The van der Waals surface area contributed by atoms with Crippen molar-refractivity contribution in [3.63, 3.8) is 0 Å².